The summed E-state index contributed by atoms with van der Waals surface area (Å²) in [6, 6.07) is 0. The van der Waals surface area contributed by atoms with Crippen LogP contribution in [0.1, 0.15) is 25.7 Å². The number of halogens is 2. The molecule has 2 aliphatic rings. The van der Waals surface area contributed by atoms with E-state index in [1.54, 1.807) is 0 Å². The Bertz CT molecular complexity index is 170. The summed E-state index contributed by atoms with van der Waals surface area (Å²) in [5, 5.41) is 3.19. The average Bonchev–Trinajstić information content (AvgIpc) is 2.02. The third kappa shape index (κ3) is 1.60. The predicted octanol–water partition coefficient (Wildman–Crippen LogP) is 2.03. The van der Waals surface area contributed by atoms with Crippen LogP contribution in [0.5, 0.6) is 0 Å². The number of nitrogens with one attached hydrogen (secondary N) is 1. The first kappa shape index (κ1) is 8.42. The summed E-state index contributed by atoms with van der Waals surface area (Å²) in [4.78, 5) is 0. The monoisotopic (exact) mass is 175 g/mol. The van der Waals surface area contributed by atoms with Crippen molar-refractivity contribution in [1.29, 1.82) is 0 Å². The Kier molecular flexibility index (Phi) is 2.07. The van der Waals surface area contributed by atoms with E-state index >= 15 is 0 Å². The molecule has 2 rings (SSSR count). The standard InChI is InChI=1S/C9H15F2N/c10-9(11)3-1-7-2-4-12-6-8(7)5-9/h7-8,12H,1-6H2. The van der Waals surface area contributed by atoms with E-state index in [1.165, 1.54) is 0 Å². The zero-order chi connectivity index (χ0) is 8.60. The number of hydrogen-bond donors (Lipinski definition) is 1. The maximum absolute atomic E-state index is 12.9. The quantitative estimate of drug-likeness (QED) is 0.594. The molecule has 0 spiro atoms. The molecule has 0 aromatic carbocycles. The number of alkyl halides is 2. The summed E-state index contributed by atoms with van der Waals surface area (Å²) in [6.45, 7) is 1.83. The summed E-state index contributed by atoms with van der Waals surface area (Å²) in [6.07, 6.45) is 2.07. The molecule has 0 radical (unpaired) electrons. The Morgan fingerprint density at radius 1 is 1.17 bits per heavy atom. The predicted molar refractivity (Wildman–Crippen MR) is 43.3 cm³/mol. The first-order chi connectivity index (χ1) is 5.67. The van der Waals surface area contributed by atoms with Gasteiger partial charge in [-0.1, -0.05) is 0 Å². The summed E-state index contributed by atoms with van der Waals surface area (Å²) in [5.41, 5.74) is 0. The number of piperidine rings is 1. The van der Waals surface area contributed by atoms with E-state index < -0.39 is 5.92 Å². The normalized spacial score (nSPS) is 40.5. The van der Waals surface area contributed by atoms with Crippen molar-refractivity contribution < 1.29 is 8.78 Å². The molecule has 2 atom stereocenters. The van der Waals surface area contributed by atoms with Crippen molar-refractivity contribution in [1.82, 2.24) is 5.32 Å². The molecule has 1 aliphatic heterocycles. The van der Waals surface area contributed by atoms with Gasteiger partial charge in [0, 0.05) is 12.8 Å². The van der Waals surface area contributed by atoms with Crippen LogP contribution < -0.4 is 5.32 Å². The van der Waals surface area contributed by atoms with Gasteiger partial charge in [-0.3, -0.25) is 0 Å². The molecule has 0 bridgehead atoms. The molecule has 1 nitrogen and oxygen atoms in total. The second kappa shape index (κ2) is 2.95. The Balaban J connectivity index is 1.99. The van der Waals surface area contributed by atoms with Crippen LogP contribution in [-0.2, 0) is 0 Å². The van der Waals surface area contributed by atoms with E-state index in [-0.39, 0.29) is 18.8 Å². The minimum absolute atomic E-state index is 0.116. The second-order valence-corrected chi connectivity index (χ2v) is 4.11. The third-order valence-electron chi connectivity index (χ3n) is 3.21. The molecule has 1 saturated carbocycles. The first-order valence-corrected chi connectivity index (χ1v) is 4.76. The van der Waals surface area contributed by atoms with Gasteiger partial charge in [-0.05, 0) is 37.8 Å². The molecule has 2 unspecified atom stereocenters. The number of fused-ring (bicyclic) bond motifs is 1. The molecule has 3 heteroatoms. The summed E-state index contributed by atoms with van der Waals surface area (Å²) < 4.78 is 25.9. The topological polar surface area (TPSA) is 12.0 Å². The Labute approximate surface area is 71.5 Å². The zero-order valence-electron chi connectivity index (χ0n) is 7.15. The molecule has 70 valence electrons. The molecule has 1 aliphatic carbocycles. The molecule has 0 aromatic rings. The van der Waals surface area contributed by atoms with Crippen LogP contribution >= 0.6 is 0 Å². The smallest absolute Gasteiger partial charge is 0.248 e. The first-order valence-electron chi connectivity index (χ1n) is 4.76. The van der Waals surface area contributed by atoms with Gasteiger partial charge in [-0.2, -0.15) is 0 Å². The van der Waals surface area contributed by atoms with Crippen molar-refractivity contribution >= 4 is 0 Å². The fourth-order valence-electron chi connectivity index (χ4n) is 2.48. The Morgan fingerprint density at radius 2 is 2.00 bits per heavy atom. The lowest BCUT2D eigenvalue weighted by Gasteiger charge is -2.39. The lowest BCUT2D eigenvalue weighted by molar-refractivity contribution is -0.0740. The maximum Gasteiger partial charge on any atom is 0.248 e. The number of rotatable bonds is 0. The van der Waals surface area contributed by atoms with Crippen molar-refractivity contribution in [3.8, 4) is 0 Å². The molecular weight excluding hydrogens is 160 g/mol. The van der Waals surface area contributed by atoms with Gasteiger partial charge in [0.25, 0.3) is 0 Å². The van der Waals surface area contributed by atoms with E-state index in [9.17, 15) is 8.78 Å². The molecule has 1 saturated heterocycles. The summed E-state index contributed by atoms with van der Waals surface area (Å²) in [5.74, 6) is -1.56. The van der Waals surface area contributed by atoms with Crippen molar-refractivity contribution in [3.63, 3.8) is 0 Å². The highest BCUT2D eigenvalue weighted by molar-refractivity contribution is 4.88. The molecule has 1 heterocycles. The van der Waals surface area contributed by atoms with E-state index in [0.717, 1.165) is 25.9 Å². The van der Waals surface area contributed by atoms with Crippen LogP contribution in [0.4, 0.5) is 8.78 Å². The highest BCUT2D eigenvalue weighted by Crippen LogP contribution is 2.42. The minimum atomic E-state index is -2.37. The van der Waals surface area contributed by atoms with Gasteiger partial charge in [0.15, 0.2) is 0 Å². The van der Waals surface area contributed by atoms with E-state index in [1.807, 2.05) is 0 Å². The van der Waals surface area contributed by atoms with Crippen LogP contribution in [0.15, 0.2) is 0 Å². The van der Waals surface area contributed by atoms with Crippen molar-refractivity contribution in [3.05, 3.63) is 0 Å². The minimum Gasteiger partial charge on any atom is -0.316 e. The van der Waals surface area contributed by atoms with Crippen molar-refractivity contribution in [2.75, 3.05) is 13.1 Å². The van der Waals surface area contributed by atoms with Gasteiger partial charge < -0.3 is 5.32 Å². The second-order valence-electron chi connectivity index (χ2n) is 4.11. The average molecular weight is 175 g/mol. The largest absolute Gasteiger partial charge is 0.316 e. The molecular formula is C9H15F2N. The fourth-order valence-corrected chi connectivity index (χ4v) is 2.48. The van der Waals surface area contributed by atoms with Crippen LogP contribution in [-0.4, -0.2) is 19.0 Å². The van der Waals surface area contributed by atoms with Gasteiger partial charge in [0.2, 0.25) is 5.92 Å². The maximum atomic E-state index is 12.9. The SMILES string of the molecule is FC1(F)CCC2CCNCC2C1. The molecule has 12 heavy (non-hydrogen) atoms. The van der Waals surface area contributed by atoms with Gasteiger partial charge in [0.05, 0.1) is 0 Å². The Morgan fingerprint density at radius 3 is 2.83 bits per heavy atom. The van der Waals surface area contributed by atoms with E-state index in [0.29, 0.717) is 5.92 Å². The zero-order valence-corrected chi connectivity index (χ0v) is 7.15. The van der Waals surface area contributed by atoms with Gasteiger partial charge in [0.1, 0.15) is 0 Å². The Hall–Kier alpha value is -0.180. The summed E-state index contributed by atoms with van der Waals surface area (Å²) in [7, 11) is 0. The molecule has 1 N–H and O–H groups in total. The third-order valence-corrected chi connectivity index (χ3v) is 3.21. The van der Waals surface area contributed by atoms with Crippen molar-refractivity contribution in [2.24, 2.45) is 11.8 Å². The van der Waals surface area contributed by atoms with Crippen LogP contribution in [0.2, 0.25) is 0 Å². The highest BCUT2D eigenvalue weighted by atomic mass is 19.3. The van der Waals surface area contributed by atoms with Crippen LogP contribution in [0, 0.1) is 11.8 Å². The molecule has 0 aromatic heterocycles. The molecule has 2 fully saturated rings. The summed E-state index contributed by atoms with van der Waals surface area (Å²) >= 11 is 0. The molecule has 0 amide bonds. The van der Waals surface area contributed by atoms with Gasteiger partial charge >= 0.3 is 0 Å². The van der Waals surface area contributed by atoms with Crippen molar-refractivity contribution in [2.45, 2.75) is 31.6 Å². The van der Waals surface area contributed by atoms with Gasteiger partial charge in [-0.15, -0.1) is 0 Å². The lowest BCUT2D eigenvalue weighted by atomic mass is 9.74. The number of hydrogen-bond acceptors (Lipinski definition) is 1. The van der Waals surface area contributed by atoms with Crippen LogP contribution in [0.3, 0.4) is 0 Å². The van der Waals surface area contributed by atoms with Gasteiger partial charge in [-0.25, -0.2) is 8.78 Å². The van der Waals surface area contributed by atoms with E-state index in [4.69, 9.17) is 0 Å². The lowest BCUT2D eigenvalue weighted by Crippen LogP contribution is -2.43. The fraction of sp³-hybridized carbons (Fsp3) is 1.00. The van der Waals surface area contributed by atoms with Crippen LogP contribution in [0.25, 0.3) is 0 Å². The van der Waals surface area contributed by atoms with E-state index in [2.05, 4.69) is 5.32 Å². The highest BCUT2D eigenvalue weighted by Gasteiger charge is 2.41.